The van der Waals surface area contributed by atoms with E-state index in [-0.39, 0.29) is 0 Å². The monoisotopic (exact) mass is 240 g/mol. The van der Waals surface area contributed by atoms with E-state index in [1.807, 2.05) is 31.2 Å². The Bertz CT molecular complexity index is 797. The van der Waals surface area contributed by atoms with Crippen molar-refractivity contribution >= 4 is 27.9 Å². The average Bonchev–Trinajstić information content (AvgIpc) is 2.42. The maximum Gasteiger partial charge on any atom is 0.127 e. The van der Waals surface area contributed by atoms with E-state index in [2.05, 4.69) is 10.2 Å². The number of methoxy groups -OCH3 is 1. The van der Waals surface area contributed by atoms with Crippen molar-refractivity contribution in [3.05, 3.63) is 35.2 Å². The van der Waals surface area contributed by atoms with Crippen LogP contribution in [0.5, 0.6) is 5.75 Å². The van der Waals surface area contributed by atoms with Crippen molar-refractivity contribution in [3.63, 3.8) is 0 Å². The highest BCUT2D eigenvalue weighted by Crippen LogP contribution is 2.30. The maximum absolute atomic E-state index is 9.35. The number of nitrogens with zero attached hydrogens (tertiary/aromatic N) is 2. The minimum atomic E-state index is 0.720. The van der Waals surface area contributed by atoms with Gasteiger partial charge in [0.25, 0.3) is 0 Å². The van der Waals surface area contributed by atoms with Crippen molar-refractivity contribution in [2.75, 3.05) is 7.11 Å². The predicted octanol–water partition coefficient (Wildman–Crippen LogP) is 2.11. The molecule has 0 aliphatic heterocycles. The van der Waals surface area contributed by atoms with Crippen LogP contribution in [0.2, 0.25) is 0 Å². The van der Waals surface area contributed by atoms with Crippen LogP contribution in [0.4, 0.5) is 0 Å². The van der Waals surface area contributed by atoms with Crippen LogP contribution in [-0.4, -0.2) is 22.4 Å². The van der Waals surface area contributed by atoms with Gasteiger partial charge in [-0.15, -0.1) is 0 Å². The van der Waals surface area contributed by atoms with Crippen LogP contribution in [0.25, 0.3) is 27.9 Å². The zero-order chi connectivity index (χ0) is 12.7. The summed E-state index contributed by atoms with van der Waals surface area (Å²) >= 11 is 0. The number of ether oxygens (including phenoxy) is 1. The smallest absolute Gasteiger partial charge is 0.127 e. The molecule has 4 heteroatoms. The van der Waals surface area contributed by atoms with E-state index in [0.717, 1.165) is 44.6 Å². The zero-order valence-electron chi connectivity index (χ0n) is 10.1. The molecule has 0 spiro atoms. The first-order chi connectivity index (χ1) is 8.76. The van der Waals surface area contributed by atoms with Crippen LogP contribution in [-0.2, 0) is 0 Å². The van der Waals surface area contributed by atoms with Gasteiger partial charge in [0.15, 0.2) is 0 Å². The third kappa shape index (κ3) is 1.32. The first-order valence-electron chi connectivity index (χ1n) is 5.63. The molecule has 1 aromatic heterocycles. The second kappa shape index (κ2) is 3.84. The maximum atomic E-state index is 9.35. The Balaban J connectivity index is 2.70. The number of aliphatic hydroxyl groups is 1. The molecule has 18 heavy (non-hydrogen) atoms. The summed E-state index contributed by atoms with van der Waals surface area (Å²) in [6.45, 7) is 1.92. The number of aromatic nitrogens is 2. The van der Waals surface area contributed by atoms with E-state index in [1.54, 1.807) is 7.11 Å². The summed E-state index contributed by atoms with van der Waals surface area (Å²) in [6.07, 6.45) is 1.09. The van der Waals surface area contributed by atoms with Gasteiger partial charge in [0.05, 0.1) is 24.6 Å². The summed E-state index contributed by atoms with van der Waals surface area (Å²) in [5.41, 5.74) is 1.67. The predicted molar refractivity (Wildman–Crippen MR) is 70.6 cm³/mol. The van der Waals surface area contributed by atoms with Crippen molar-refractivity contribution in [1.29, 1.82) is 0 Å². The number of aliphatic hydroxyl groups excluding tert-OH is 1. The molecule has 0 aliphatic carbocycles. The fourth-order valence-corrected chi connectivity index (χ4v) is 2.32. The fraction of sp³-hybridized carbons (Fsp3) is 0.143. The molecule has 3 aromatic rings. The Hall–Kier alpha value is -2.36. The normalized spacial score (nSPS) is 12.4. The van der Waals surface area contributed by atoms with Crippen LogP contribution < -0.4 is 9.96 Å². The summed E-state index contributed by atoms with van der Waals surface area (Å²) in [4.78, 5) is 0. The SMILES string of the molecule is COc1ccc2c(C)nnc3cc/c(=C/O)c1c32. The Labute approximate surface area is 104 Å². The summed E-state index contributed by atoms with van der Waals surface area (Å²) in [7, 11) is 1.62. The highest BCUT2D eigenvalue weighted by atomic mass is 16.5. The molecule has 0 amide bonds. The van der Waals surface area contributed by atoms with Crippen molar-refractivity contribution in [2.45, 2.75) is 6.92 Å². The second-order valence-corrected chi connectivity index (χ2v) is 4.15. The Morgan fingerprint density at radius 1 is 1.11 bits per heavy atom. The van der Waals surface area contributed by atoms with Crippen LogP contribution in [0.3, 0.4) is 0 Å². The van der Waals surface area contributed by atoms with Crippen molar-refractivity contribution in [3.8, 4) is 5.75 Å². The molecule has 1 heterocycles. The minimum Gasteiger partial charge on any atom is -0.515 e. The van der Waals surface area contributed by atoms with E-state index < -0.39 is 0 Å². The topological polar surface area (TPSA) is 55.2 Å². The zero-order valence-corrected chi connectivity index (χ0v) is 10.1. The highest BCUT2D eigenvalue weighted by molar-refractivity contribution is 6.11. The molecule has 1 N–H and O–H groups in total. The molecule has 90 valence electrons. The largest absolute Gasteiger partial charge is 0.515 e. The third-order valence-electron chi connectivity index (χ3n) is 3.19. The molecule has 0 radical (unpaired) electrons. The van der Waals surface area contributed by atoms with Gasteiger partial charge in [-0.25, -0.2) is 0 Å². The summed E-state index contributed by atoms with van der Waals surface area (Å²) in [6, 6.07) is 7.52. The van der Waals surface area contributed by atoms with Gasteiger partial charge in [-0.05, 0) is 31.2 Å². The van der Waals surface area contributed by atoms with E-state index in [4.69, 9.17) is 4.74 Å². The number of aryl methyl sites for hydroxylation is 1. The average molecular weight is 240 g/mol. The highest BCUT2D eigenvalue weighted by Gasteiger charge is 2.11. The lowest BCUT2D eigenvalue weighted by Gasteiger charge is -2.10. The van der Waals surface area contributed by atoms with E-state index in [0.29, 0.717) is 0 Å². The Morgan fingerprint density at radius 2 is 1.94 bits per heavy atom. The van der Waals surface area contributed by atoms with Gasteiger partial charge in [-0.1, -0.05) is 0 Å². The third-order valence-corrected chi connectivity index (χ3v) is 3.19. The lowest BCUT2D eigenvalue weighted by Crippen LogP contribution is -2.05. The van der Waals surface area contributed by atoms with Crippen molar-refractivity contribution < 1.29 is 9.84 Å². The van der Waals surface area contributed by atoms with E-state index >= 15 is 0 Å². The first-order valence-corrected chi connectivity index (χ1v) is 5.63. The molecule has 0 unspecified atom stereocenters. The molecule has 0 bridgehead atoms. The van der Waals surface area contributed by atoms with Gasteiger partial charge >= 0.3 is 0 Å². The second-order valence-electron chi connectivity index (χ2n) is 4.15. The summed E-state index contributed by atoms with van der Waals surface area (Å²) < 4.78 is 5.37. The Morgan fingerprint density at radius 3 is 2.67 bits per heavy atom. The van der Waals surface area contributed by atoms with Crippen LogP contribution >= 0.6 is 0 Å². The number of hydrogen-bond donors (Lipinski definition) is 1. The standard InChI is InChI=1S/C14H12N2O2/c1-8-10-4-6-12(18-2)13-9(7-17)3-5-11(14(10)13)16-15-8/h3-7,17H,1-2H3/b9-7-. The van der Waals surface area contributed by atoms with Crippen LogP contribution in [0, 0.1) is 6.92 Å². The fourth-order valence-electron chi connectivity index (χ4n) is 2.32. The van der Waals surface area contributed by atoms with Gasteiger partial charge in [0, 0.05) is 21.4 Å². The molecule has 0 aliphatic rings. The molecule has 4 nitrogen and oxygen atoms in total. The molecule has 3 rings (SSSR count). The molecule has 0 saturated heterocycles. The van der Waals surface area contributed by atoms with E-state index in [9.17, 15) is 5.11 Å². The number of benzene rings is 2. The van der Waals surface area contributed by atoms with Crippen LogP contribution in [0.15, 0.2) is 24.3 Å². The van der Waals surface area contributed by atoms with Gasteiger partial charge in [0.1, 0.15) is 5.75 Å². The lowest BCUT2D eigenvalue weighted by atomic mass is 10.0. The molecular weight excluding hydrogens is 228 g/mol. The van der Waals surface area contributed by atoms with Gasteiger partial charge < -0.3 is 9.84 Å². The van der Waals surface area contributed by atoms with Gasteiger partial charge in [-0.3, -0.25) is 0 Å². The van der Waals surface area contributed by atoms with Gasteiger partial charge in [-0.2, -0.15) is 10.2 Å². The lowest BCUT2D eigenvalue weighted by molar-refractivity contribution is 0.419. The quantitative estimate of drug-likeness (QED) is 0.707. The number of rotatable bonds is 1. The molecule has 0 fully saturated rings. The van der Waals surface area contributed by atoms with Crippen molar-refractivity contribution in [2.24, 2.45) is 0 Å². The van der Waals surface area contributed by atoms with Crippen molar-refractivity contribution in [1.82, 2.24) is 10.2 Å². The summed E-state index contributed by atoms with van der Waals surface area (Å²) in [5, 5.41) is 21.3. The molecular formula is C14H12N2O2. The first kappa shape index (κ1) is 10.8. The van der Waals surface area contributed by atoms with E-state index in [1.165, 1.54) is 0 Å². The molecule has 2 aromatic carbocycles. The van der Waals surface area contributed by atoms with Gasteiger partial charge in [0.2, 0.25) is 0 Å². The molecule has 0 atom stereocenters. The summed E-state index contributed by atoms with van der Waals surface area (Å²) in [5.74, 6) is 0.723. The molecule has 0 saturated carbocycles. The number of hydrogen-bond acceptors (Lipinski definition) is 4. The minimum absolute atomic E-state index is 0.720. The Kier molecular flexibility index (Phi) is 2.30. The van der Waals surface area contributed by atoms with Crippen LogP contribution in [0.1, 0.15) is 5.69 Å².